The first-order chi connectivity index (χ1) is 11.2. The number of aryl methyl sites for hydroxylation is 1. The topological polar surface area (TPSA) is 54.9 Å². The van der Waals surface area contributed by atoms with Crippen LogP contribution in [0.2, 0.25) is 0 Å². The van der Waals surface area contributed by atoms with Crippen molar-refractivity contribution in [1.29, 1.82) is 0 Å². The van der Waals surface area contributed by atoms with Gasteiger partial charge in [-0.15, -0.1) is 0 Å². The normalized spacial score (nSPS) is 10.3. The summed E-state index contributed by atoms with van der Waals surface area (Å²) in [5.41, 5.74) is 4.34. The highest BCUT2D eigenvalue weighted by Gasteiger charge is 2.06. The summed E-state index contributed by atoms with van der Waals surface area (Å²) in [4.78, 5) is 20.8. The third kappa shape index (κ3) is 3.80. The Labute approximate surface area is 135 Å². The molecule has 0 radical (unpaired) electrons. The first-order valence-corrected chi connectivity index (χ1v) is 7.43. The molecule has 0 aliphatic heterocycles. The van der Waals surface area contributed by atoms with Gasteiger partial charge < -0.3 is 5.32 Å². The van der Waals surface area contributed by atoms with Crippen LogP contribution in [0.3, 0.4) is 0 Å². The minimum Gasteiger partial charge on any atom is -0.348 e. The van der Waals surface area contributed by atoms with Gasteiger partial charge in [0, 0.05) is 24.5 Å². The molecule has 2 heterocycles. The Hall–Kier alpha value is -3.01. The number of nitrogens with one attached hydrogen (secondary N) is 1. The van der Waals surface area contributed by atoms with E-state index in [9.17, 15) is 4.79 Å². The van der Waals surface area contributed by atoms with Crippen LogP contribution in [0, 0.1) is 6.92 Å². The van der Waals surface area contributed by atoms with Crippen LogP contribution < -0.4 is 5.32 Å². The number of hydrogen-bond donors (Lipinski definition) is 1. The van der Waals surface area contributed by atoms with Gasteiger partial charge in [-0.1, -0.05) is 29.8 Å². The van der Waals surface area contributed by atoms with E-state index in [1.54, 1.807) is 12.4 Å². The van der Waals surface area contributed by atoms with Crippen LogP contribution in [0.15, 0.2) is 67.0 Å². The van der Waals surface area contributed by atoms with E-state index in [1.165, 1.54) is 0 Å². The number of nitrogens with zero attached hydrogens (tertiary/aromatic N) is 2. The second-order valence-corrected chi connectivity index (χ2v) is 5.32. The largest absolute Gasteiger partial charge is 0.348 e. The second kappa shape index (κ2) is 6.83. The van der Waals surface area contributed by atoms with Crippen molar-refractivity contribution < 1.29 is 4.79 Å². The van der Waals surface area contributed by atoms with E-state index in [0.29, 0.717) is 12.1 Å². The maximum atomic E-state index is 12.1. The molecule has 3 aromatic rings. The summed E-state index contributed by atoms with van der Waals surface area (Å²) in [6.45, 7) is 2.42. The van der Waals surface area contributed by atoms with Crippen molar-refractivity contribution in [3.05, 3.63) is 83.7 Å². The molecule has 0 unspecified atom stereocenters. The molecule has 0 saturated heterocycles. The average Bonchev–Trinajstić information content (AvgIpc) is 2.61. The maximum absolute atomic E-state index is 12.1. The van der Waals surface area contributed by atoms with Crippen molar-refractivity contribution in [3.63, 3.8) is 0 Å². The SMILES string of the molecule is Cc1cccc(C(=O)NCc2ccc(-c3ccccn3)nc2)c1. The van der Waals surface area contributed by atoms with E-state index in [0.717, 1.165) is 22.5 Å². The van der Waals surface area contributed by atoms with Gasteiger partial charge in [0.1, 0.15) is 0 Å². The number of pyridine rings is 2. The van der Waals surface area contributed by atoms with Gasteiger partial charge in [0.05, 0.1) is 11.4 Å². The zero-order valence-corrected chi connectivity index (χ0v) is 12.9. The summed E-state index contributed by atoms with van der Waals surface area (Å²) in [6, 6.07) is 17.1. The van der Waals surface area contributed by atoms with E-state index in [1.807, 2.05) is 61.5 Å². The number of benzene rings is 1. The molecule has 0 saturated carbocycles. The summed E-state index contributed by atoms with van der Waals surface area (Å²) < 4.78 is 0. The quantitative estimate of drug-likeness (QED) is 0.804. The van der Waals surface area contributed by atoms with Crippen LogP contribution in [-0.2, 0) is 6.54 Å². The lowest BCUT2D eigenvalue weighted by Gasteiger charge is -2.06. The Morgan fingerprint density at radius 3 is 2.57 bits per heavy atom. The Kier molecular flexibility index (Phi) is 4.43. The third-order valence-corrected chi connectivity index (χ3v) is 3.49. The minimum absolute atomic E-state index is 0.0810. The van der Waals surface area contributed by atoms with Gasteiger partial charge >= 0.3 is 0 Å². The number of carbonyl (C=O) groups excluding carboxylic acids is 1. The van der Waals surface area contributed by atoms with E-state index in [-0.39, 0.29) is 5.91 Å². The summed E-state index contributed by atoms with van der Waals surface area (Å²) in [5.74, 6) is -0.0810. The molecule has 4 heteroatoms. The summed E-state index contributed by atoms with van der Waals surface area (Å²) in [6.07, 6.45) is 3.51. The highest BCUT2D eigenvalue weighted by molar-refractivity contribution is 5.94. The van der Waals surface area contributed by atoms with Crippen molar-refractivity contribution in [1.82, 2.24) is 15.3 Å². The Morgan fingerprint density at radius 1 is 1.00 bits per heavy atom. The van der Waals surface area contributed by atoms with Gasteiger partial charge in [-0.2, -0.15) is 0 Å². The monoisotopic (exact) mass is 303 g/mol. The third-order valence-electron chi connectivity index (χ3n) is 3.49. The average molecular weight is 303 g/mol. The fourth-order valence-corrected chi connectivity index (χ4v) is 2.27. The van der Waals surface area contributed by atoms with Crippen molar-refractivity contribution in [2.45, 2.75) is 13.5 Å². The molecule has 114 valence electrons. The molecule has 0 atom stereocenters. The Morgan fingerprint density at radius 2 is 1.87 bits per heavy atom. The molecule has 0 aliphatic carbocycles. The predicted molar refractivity (Wildman–Crippen MR) is 89.8 cm³/mol. The fourth-order valence-electron chi connectivity index (χ4n) is 2.27. The van der Waals surface area contributed by atoms with Crippen LogP contribution in [0.1, 0.15) is 21.5 Å². The van der Waals surface area contributed by atoms with Gasteiger partial charge in [0.15, 0.2) is 0 Å². The molecule has 23 heavy (non-hydrogen) atoms. The Balaban J connectivity index is 1.64. The molecule has 1 amide bonds. The zero-order valence-electron chi connectivity index (χ0n) is 12.9. The number of amides is 1. The molecule has 1 N–H and O–H groups in total. The Bertz CT molecular complexity index is 798. The van der Waals surface area contributed by atoms with Crippen LogP contribution in [0.25, 0.3) is 11.4 Å². The zero-order chi connectivity index (χ0) is 16.1. The molecule has 4 nitrogen and oxygen atoms in total. The van der Waals surface area contributed by atoms with Crippen molar-refractivity contribution >= 4 is 5.91 Å². The fraction of sp³-hybridized carbons (Fsp3) is 0.105. The molecule has 1 aromatic carbocycles. The summed E-state index contributed by atoms with van der Waals surface area (Å²) in [7, 11) is 0. The van der Waals surface area contributed by atoms with Gasteiger partial charge in [0.25, 0.3) is 5.91 Å². The van der Waals surface area contributed by atoms with Crippen LogP contribution >= 0.6 is 0 Å². The van der Waals surface area contributed by atoms with E-state index in [4.69, 9.17) is 0 Å². The molecule has 0 fully saturated rings. The van der Waals surface area contributed by atoms with Crippen molar-refractivity contribution in [3.8, 4) is 11.4 Å². The number of rotatable bonds is 4. The van der Waals surface area contributed by atoms with E-state index < -0.39 is 0 Å². The van der Waals surface area contributed by atoms with Gasteiger partial charge in [-0.25, -0.2) is 0 Å². The first kappa shape index (κ1) is 14.9. The highest BCUT2D eigenvalue weighted by atomic mass is 16.1. The lowest BCUT2D eigenvalue weighted by Crippen LogP contribution is -2.22. The molecule has 0 spiro atoms. The van der Waals surface area contributed by atoms with Crippen molar-refractivity contribution in [2.24, 2.45) is 0 Å². The lowest BCUT2D eigenvalue weighted by molar-refractivity contribution is 0.0951. The maximum Gasteiger partial charge on any atom is 0.251 e. The molecule has 3 rings (SSSR count). The van der Waals surface area contributed by atoms with Crippen LogP contribution in [-0.4, -0.2) is 15.9 Å². The highest BCUT2D eigenvalue weighted by Crippen LogP contribution is 2.13. The molecular formula is C19H17N3O. The molecular weight excluding hydrogens is 286 g/mol. The summed E-state index contributed by atoms with van der Waals surface area (Å²) >= 11 is 0. The van der Waals surface area contributed by atoms with Crippen molar-refractivity contribution in [2.75, 3.05) is 0 Å². The van der Waals surface area contributed by atoms with Gasteiger partial charge in [0.2, 0.25) is 0 Å². The number of carbonyl (C=O) groups is 1. The standard InChI is InChI=1S/C19H17N3O/c1-14-5-4-6-16(11-14)19(23)22-13-15-8-9-18(21-12-15)17-7-2-3-10-20-17/h2-12H,13H2,1H3,(H,22,23). The minimum atomic E-state index is -0.0810. The number of aromatic nitrogens is 2. The van der Waals surface area contributed by atoms with Gasteiger partial charge in [-0.05, 0) is 42.8 Å². The smallest absolute Gasteiger partial charge is 0.251 e. The predicted octanol–water partition coefficient (Wildman–Crippen LogP) is 3.38. The summed E-state index contributed by atoms with van der Waals surface area (Å²) in [5, 5.41) is 2.91. The van der Waals surface area contributed by atoms with E-state index >= 15 is 0 Å². The molecule has 0 aliphatic rings. The van der Waals surface area contributed by atoms with Gasteiger partial charge in [-0.3, -0.25) is 14.8 Å². The first-order valence-electron chi connectivity index (χ1n) is 7.43. The van der Waals surface area contributed by atoms with Crippen LogP contribution in [0.5, 0.6) is 0 Å². The second-order valence-electron chi connectivity index (χ2n) is 5.32. The molecule has 2 aromatic heterocycles. The number of hydrogen-bond acceptors (Lipinski definition) is 3. The molecule has 0 bridgehead atoms. The van der Waals surface area contributed by atoms with Crippen LogP contribution in [0.4, 0.5) is 0 Å². The van der Waals surface area contributed by atoms with E-state index in [2.05, 4.69) is 15.3 Å². The lowest BCUT2D eigenvalue weighted by atomic mass is 10.1.